The first-order valence-electron chi connectivity index (χ1n) is 7.66. The molecule has 1 rings (SSSR count). The summed E-state index contributed by atoms with van der Waals surface area (Å²) in [6.07, 6.45) is 0.661. The molecule has 21 heavy (non-hydrogen) atoms. The summed E-state index contributed by atoms with van der Waals surface area (Å²) in [7, 11) is 0. The number of nitrogens with one attached hydrogen (secondary N) is 2. The standard InChI is InChI=1S/C14H28N6O/c1-6-14(5,21)10-16-12-17-11(15-7-2)18-13(19-12)20(8-3)9-4/h21H,6-10H2,1-5H3,(H2,15,16,17,18,19). The molecule has 1 unspecified atom stereocenters. The van der Waals surface area contributed by atoms with Crippen molar-refractivity contribution in [3.63, 3.8) is 0 Å². The molecule has 0 radical (unpaired) electrons. The highest BCUT2D eigenvalue weighted by molar-refractivity contribution is 5.43. The van der Waals surface area contributed by atoms with Crippen LogP contribution >= 0.6 is 0 Å². The van der Waals surface area contributed by atoms with Crippen LogP contribution in [0.1, 0.15) is 41.0 Å². The average molecular weight is 296 g/mol. The van der Waals surface area contributed by atoms with Crippen molar-refractivity contribution in [2.24, 2.45) is 0 Å². The van der Waals surface area contributed by atoms with Crippen molar-refractivity contribution >= 4 is 17.8 Å². The van der Waals surface area contributed by atoms with Gasteiger partial charge in [-0.1, -0.05) is 6.92 Å². The van der Waals surface area contributed by atoms with E-state index in [4.69, 9.17) is 0 Å². The number of aliphatic hydroxyl groups is 1. The van der Waals surface area contributed by atoms with E-state index in [1.165, 1.54) is 0 Å². The van der Waals surface area contributed by atoms with Gasteiger partial charge in [0.15, 0.2) is 0 Å². The summed E-state index contributed by atoms with van der Waals surface area (Å²) in [6, 6.07) is 0. The van der Waals surface area contributed by atoms with Gasteiger partial charge in [0.1, 0.15) is 0 Å². The van der Waals surface area contributed by atoms with Crippen LogP contribution in [-0.2, 0) is 0 Å². The van der Waals surface area contributed by atoms with E-state index in [0.29, 0.717) is 30.8 Å². The molecule has 0 aliphatic rings. The zero-order chi connectivity index (χ0) is 15.9. The maximum Gasteiger partial charge on any atom is 0.231 e. The van der Waals surface area contributed by atoms with E-state index in [2.05, 4.69) is 44.3 Å². The van der Waals surface area contributed by atoms with Crippen LogP contribution in [-0.4, -0.2) is 51.8 Å². The quantitative estimate of drug-likeness (QED) is 0.639. The van der Waals surface area contributed by atoms with Gasteiger partial charge >= 0.3 is 0 Å². The summed E-state index contributed by atoms with van der Waals surface area (Å²) in [6.45, 7) is 12.7. The molecule has 3 N–H and O–H groups in total. The second kappa shape index (κ2) is 7.97. The van der Waals surface area contributed by atoms with Crippen LogP contribution in [0.25, 0.3) is 0 Å². The first-order valence-corrected chi connectivity index (χ1v) is 7.66. The van der Waals surface area contributed by atoms with Gasteiger partial charge in [-0.25, -0.2) is 0 Å². The molecule has 0 amide bonds. The van der Waals surface area contributed by atoms with Gasteiger partial charge in [0, 0.05) is 26.2 Å². The molecule has 0 aliphatic heterocycles. The Morgan fingerprint density at radius 2 is 1.57 bits per heavy atom. The van der Waals surface area contributed by atoms with Crippen molar-refractivity contribution in [3.8, 4) is 0 Å². The third kappa shape index (κ3) is 5.34. The van der Waals surface area contributed by atoms with Gasteiger partial charge in [0.25, 0.3) is 0 Å². The van der Waals surface area contributed by atoms with Gasteiger partial charge in [-0.15, -0.1) is 0 Å². The fourth-order valence-corrected chi connectivity index (χ4v) is 1.72. The number of aromatic nitrogens is 3. The third-order valence-corrected chi connectivity index (χ3v) is 3.39. The smallest absolute Gasteiger partial charge is 0.231 e. The number of nitrogens with zero attached hydrogens (tertiary/aromatic N) is 4. The number of hydrogen-bond donors (Lipinski definition) is 3. The van der Waals surface area contributed by atoms with Crippen LogP contribution in [0.3, 0.4) is 0 Å². The summed E-state index contributed by atoms with van der Waals surface area (Å²) in [5.41, 5.74) is -0.777. The van der Waals surface area contributed by atoms with E-state index >= 15 is 0 Å². The molecule has 0 aliphatic carbocycles. The highest BCUT2D eigenvalue weighted by Gasteiger charge is 2.18. The maximum atomic E-state index is 10.1. The fourth-order valence-electron chi connectivity index (χ4n) is 1.72. The number of hydrogen-bond acceptors (Lipinski definition) is 7. The van der Waals surface area contributed by atoms with E-state index in [0.717, 1.165) is 19.6 Å². The van der Waals surface area contributed by atoms with Crippen LogP contribution in [0.2, 0.25) is 0 Å². The molecule has 0 aromatic carbocycles. The van der Waals surface area contributed by atoms with Crippen molar-refractivity contribution in [2.75, 3.05) is 41.7 Å². The zero-order valence-electron chi connectivity index (χ0n) is 13.8. The summed E-state index contributed by atoms with van der Waals surface area (Å²) in [5.74, 6) is 1.68. The Balaban J connectivity index is 2.96. The Labute approximate surface area is 127 Å². The van der Waals surface area contributed by atoms with Gasteiger partial charge in [-0.2, -0.15) is 15.0 Å². The predicted molar refractivity (Wildman–Crippen MR) is 87.0 cm³/mol. The lowest BCUT2D eigenvalue weighted by atomic mass is 10.0. The molecule has 7 nitrogen and oxygen atoms in total. The summed E-state index contributed by atoms with van der Waals surface area (Å²) >= 11 is 0. The largest absolute Gasteiger partial charge is 0.388 e. The van der Waals surface area contributed by atoms with Crippen molar-refractivity contribution in [2.45, 2.75) is 46.6 Å². The lowest BCUT2D eigenvalue weighted by molar-refractivity contribution is 0.0695. The molecular formula is C14H28N6O. The van der Waals surface area contributed by atoms with Crippen LogP contribution in [0.15, 0.2) is 0 Å². The zero-order valence-corrected chi connectivity index (χ0v) is 13.8. The molecule has 0 bridgehead atoms. The van der Waals surface area contributed by atoms with E-state index in [9.17, 15) is 5.11 Å². The Bertz CT molecular complexity index is 433. The second-order valence-corrected chi connectivity index (χ2v) is 5.19. The summed E-state index contributed by atoms with van der Waals surface area (Å²) in [5, 5.41) is 16.3. The van der Waals surface area contributed by atoms with E-state index in [1.807, 2.05) is 13.8 Å². The molecule has 7 heteroatoms. The van der Waals surface area contributed by atoms with E-state index in [1.54, 1.807) is 6.92 Å². The molecule has 1 atom stereocenters. The minimum atomic E-state index is -0.777. The molecule has 1 aromatic rings. The first kappa shape index (κ1) is 17.4. The third-order valence-electron chi connectivity index (χ3n) is 3.39. The van der Waals surface area contributed by atoms with Crippen LogP contribution < -0.4 is 15.5 Å². The lowest BCUT2D eigenvalue weighted by Crippen LogP contribution is -2.33. The normalized spacial score (nSPS) is 13.6. The van der Waals surface area contributed by atoms with Crippen LogP contribution in [0.4, 0.5) is 17.8 Å². The van der Waals surface area contributed by atoms with E-state index < -0.39 is 5.60 Å². The van der Waals surface area contributed by atoms with Crippen molar-refractivity contribution in [1.29, 1.82) is 0 Å². The van der Waals surface area contributed by atoms with Crippen molar-refractivity contribution < 1.29 is 5.11 Å². The van der Waals surface area contributed by atoms with Gasteiger partial charge in [0.05, 0.1) is 5.60 Å². The van der Waals surface area contributed by atoms with Crippen molar-refractivity contribution in [3.05, 3.63) is 0 Å². The Kier molecular flexibility index (Phi) is 6.61. The fraction of sp³-hybridized carbons (Fsp3) is 0.786. The van der Waals surface area contributed by atoms with Crippen LogP contribution in [0, 0.1) is 0 Å². The second-order valence-electron chi connectivity index (χ2n) is 5.19. The summed E-state index contributed by atoms with van der Waals surface area (Å²) < 4.78 is 0. The number of anilines is 3. The molecule has 1 aromatic heterocycles. The molecular weight excluding hydrogens is 268 g/mol. The van der Waals surface area contributed by atoms with Crippen molar-refractivity contribution in [1.82, 2.24) is 15.0 Å². The first-order chi connectivity index (χ1) is 9.95. The minimum Gasteiger partial charge on any atom is -0.388 e. The Hall–Kier alpha value is -1.63. The monoisotopic (exact) mass is 296 g/mol. The molecule has 120 valence electrons. The molecule has 0 saturated heterocycles. The average Bonchev–Trinajstić information content (AvgIpc) is 2.47. The summed E-state index contributed by atoms with van der Waals surface area (Å²) in [4.78, 5) is 15.2. The Morgan fingerprint density at radius 1 is 1.00 bits per heavy atom. The molecule has 1 heterocycles. The van der Waals surface area contributed by atoms with Crippen LogP contribution in [0.5, 0.6) is 0 Å². The topological polar surface area (TPSA) is 86.2 Å². The predicted octanol–water partition coefficient (Wildman–Crippen LogP) is 1.72. The van der Waals surface area contributed by atoms with Gasteiger partial charge < -0.3 is 20.6 Å². The number of rotatable bonds is 9. The lowest BCUT2D eigenvalue weighted by Gasteiger charge is -2.23. The SMILES string of the molecule is CCNc1nc(NCC(C)(O)CC)nc(N(CC)CC)n1. The molecule has 0 fully saturated rings. The van der Waals surface area contributed by atoms with E-state index in [-0.39, 0.29) is 0 Å². The highest BCUT2D eigenvalue weighted by Crippen LogP contribution is 2.15. The highest BCUT2D eigenvalue weighted by atomic mass is 16.3. The van der Waals surface area contributed by atoms with Gasteiger partial charge in [-0.05, 0) is 34.1 Å². The van der Waals surface area contributed by atoms with Gasteiger partial charge in [-0.3, -0.25) is 0 Å². The minimum absolute atomic E-state index is 0.400. The molecule has 0 spiro atoms. The Morgan fingerprint density at radius 3 is 2.05 bits per heavy atom. The molecule has 0 saturated carbocycles. The maximum absolute atomic E-state index is 10.1. The van der Waals surface area contributed by atoms with Gasteiger partial charge in [0.2, 0.25) is 17.8 Å².